The van der Waals surface area contributed by atoms with Crippen molar-refractivity contribution in [1.82, 2.24) is 9.55 Å². The molecule has 0 aliphatic rings. The number of nitrogens with zero attached hydrogens (tertiary/aromatic N) is 2. The van der Waals surface area contributed by atoms with Crippen LogP contribution >= 0.6 is 10.7 Å². The number of ether oxygens (including phenoxy) is 1. The molecule has 0 fully saturated rings. The molecule has 0 saturated heterocycles. The first-order chi connectivity index (χ1) is 8.49. The highest BCUT2D eigenvalue weighted by molar-refractivity contribution is 8.13. The van der Waals surface area contributed by atoms with Gasteiger partial charge in [-0.2, -0.15) is 0 Å². The highest BCUT2D eigenvalue weighted by atomic mass is 35.7. The number of halogens is 1. The van der Waals surface area contributed by atoms with Crippen LogP contribution in [0.5, 0.6) is 0 Å². The molecule has 0 radical (unpaired) electrons. The molecule has 18 heavy (non-hydrogen) atoms. The highest BCUT2D eigenvalue weighted by Crippen LogP contribution is 2.16. The summed E-state index contributed by atoms with van der Waals surface area (Å²) in [5.41, 5.74) is 0. The van der Waals surface area contributed by atoms with Crippen molar-refractivity contribution in [3.8, 4) is 0 Å². The van der Waals surface area contributed by atoms with Gasteiger partial charge in [0.05, 0.1) is 0 Å². The summed E-state index contributed by atoms with van der Waals surface area (Å²) in [5, 5.41) is -0.0561. The Labute approximate surface area is 113 Å². The van der Waals surface area contributed by atoms with E-state index in [2.05, 4.69) is 4.98 Å². The van der Waals surface area contributed by atoms with Gasteiger partial charge in [-0.1, -0.05) is 6.92 Å². The maximum Gasteiger partial charge on any atom is 0.280 e. The zero-order valence-electron chi connectivity index (χ0n) is 10.7. The predicted octanol–water partition coefficient (Wildman–Crippen LogP) is 2.19. The summed E-state index contributed by atoms with van der Waals surface area (Å²) in [6.45, 7) is 3.47. The van der Waals surface area contributed by atoms with Gasteiger partial charge in [-0.3, -0.25) is 0 Å². The zero-order valence-corrected chi connectivity index (χ0v) is 12.3. The molecule has 0 spiro atoms. The molecular weight excluding hydrogens is 276 g/mol. The van der Waals surface area contributed by atoms with Gasteiger partial charge in [-0.05, 0) is 19.3 Å². The fraction of sp³-hybridized carbons (Fsp3) is 0.727. The van der Waals surface area contributed by atoms with Gasteiger partial charge in [0.1, 0.15) is 5.82 Å². The fourth-order valence-electron chi connectivity index (χ4n) is 1.69. The summed E-state index contributed by atoms with van der Waals surface area (Å²) in [5.74, 6) is 0.772. The van der Waals surface area contributed by atoms with Crippen LogP contribution in [0.4, 0.5) is 0 Å². The van der Waals surface area contributed by atoms with Crippen LogP contribution in [0.1, 0.15) is 32.0 Å². The molecule has 7 heteroatoms. The summed E-state index contributed by atoms with van der Waals surface area (Å²) in [4.78, 5) is 4.08. The molecule has 104 valence electrons. The van der Waals surface area contributed by atoms with E-state index in [-0.39, 0.29) is 5.03 Å². The van der Waals surface area contributed by atoms with Crippen LogP contribution in [0, 0.1) is 0 Å². The molecule has 0 aliphatic heterocycles. The number of imidazole rings is 1. The zero-order chi connectivity index (χ0) is 13.6. The van der Waals surface area contributed by atoms with Crippen LogP contribution in [0.15, 0.2) is 11.2 Å². The molecule has 0 bridgehead atoms. The maximum absolute atomic E-state index is 11.2. The maximum atomic E-state index is 11.2. The van der Waals surface area contributed by atoms with Gasteiger partial charge < -0.3 is 9.30 Å². The van der Waals surface area contributed by atoms with Crippen molar-refractivity contribution >= 4 is 19.7 Å². The van der Waals surface area contributed by atoms with E-state index in [0.717, 1.165) is 38.1 Å². The average Bonchev–Trinajstić information content (AvgIpc) is 2.68. The first-order valence-corrected chi connectivity index (χ1v) is 8.29. The Bertz CT molecular complexity index is 471. The topological polar surface area (TPSA) is 61.2 Å². The molecule has 0 saturated carbocycles. The van der Waals surface area contributed by atoms with Crippen molar-refractivity contribution in [2.45, 2.75) is 44.2 Å². The lowest BCUT2D eigenvalue weighted by atomic mass is 10.3. The Balaban J connectivity index is 2.78. The Morgan fingerprint density at radius 3 is 2.72 bits per heavy atom. The van der Waals surface area contributed by atoms with Gasteiger partial charge >= 0.3 is 0 Å². The molecular formula is C11H19ClN2O3S. The van der Waals surface area contributed by atoms with Crippen LogP contribution in [-0.2, 0) is 26.8 Å². The van der Waals surface area contributed by atoms with Gasteiger partial charge in [-0.15, -0.1) is 0 Å². The molecule has 0 aliphatic carbocycles. The monoisotopic (exact) mass is 294 g/mol. The molecule has 0 aromatic carbocycles. The number of rotatable bonds is 8. The van der Waals surface area contributed by atoms with Crippen LogP contribution < -0.4 is 0 Å². The summed E-state index contributed by atoms with van der Waals surface area (Å²) in [6.07, 6.45) is 5.03. The minimum Gasteiger partial charge on any atom is -0.385 e. The van der Waals surface area contributed by atoms with Gasteiger partial charge in [-0.25, -0.2) is 13.4 Å². The standard InChI is InChI=1S/C11H19ClN2O3S/c1-3-6-10-13-11(18(12,15)16)9-14(10)7-4-5-8-17-2/h9H,3-8H2,1-2H3. The van der Waals surface area contributed by atoms with E-state index in [0.29, 0.717) is 6.61 Å². The lowest BCUT2D eigenvalue weighted by Gasteiger charge is -2.06. The van der Waals surface area contributed by atoms with E-state index >= 15 is 0 Å². The minimum atomic E-state index is -3.74. The van der Waals surface area contributed by atoms with E-state index in [4.69, 9.17) is 15.4 Å². The number of aromatic nitrogens is 2. The first-order valence-electron chi connectivity index (χ1n) is 5.98. The number of aryl methyl sites for hydroxylation is 2. The summed E-state index contributed by atoms with van der Waals surface area (Å²) >= 11 is 0. The third kappa shape index (κ3) is 4.59. The second kappa shape index (κ2) is 7.11. The van der Waals surface area contributed by atoms with E-state index in [1.165, 1.54) is 6.20 Å². The fourth-order valence-corrected chi connectivity index (χ4v) is 2.38. The van der Waals surface area contributed by atoms with E-state index < -0.39 is 9.05 Å². The smallest absolute Gasteiger partial charge is 0.280 e. The third-order valence-electron chi connectivity index (χ3n) is 2.56. The second-order valence-corrected chi connectivity index (χ2v) is 6.59. The minimum absolute atomic E-state index is 0.0561. The first kappa shape index (κ1) is 15.5. The molecule has 0 atom stereocenters. The van der Waals surface area contributed by atoms with Gasteiger partial charge in [0.15, 0.2) is 5.03 Å². The Morgan fingerprint density at radius 2 is 2.17 bits per heavy atom. The highest BCUT2D eigenvalue weighted by Gasteiger charge is 2.17. The number of hydrogen-bond donors (Lipinski definition) is 0. The number of methoxy groups -OCH3 is 1. The van der Waals surface area contributed by atoms with Crippen LogP contribution in [0.25, 0.3) is 0 Å². The van der Waals surface area contributed by atoms with Crippen molar-refractivity contribution in [1.29, 1.82) is 0 Å². The van der Waals surface area contributed by atoms with Gasteiger partial charge in [0, 0.05) is 43.6 Å². The quantitative estimate of drug-likeness (QED) is 0.545. The molecule has 1 heterocycles. The van der Waals surface area contributed by atoms with Crippen molar-refractivity contribution in [2.24, 2.45) is 0 Å². The SMILES string of the molecule is CCCc1nc(S(=O)(=O)Cl)cn1CCCCOC. The van der Waals surface area contributed by atoms with Crippen LogP contribution in [-0.4, -0.2) is 31.7 Å². The summed E-state index contributed by atoms with van der Waals surface area (Å²) in [6, 6.07) is 0. The molecule has 0 N–H and O–H groups in total. The summed E-state index contributed by atoms with van der Waals surface area (Å²) < 4.78 is 29.3. The molecule has 1 aromatic heterocycles. The van der Waals surface area contributed by atoms with E-state index in [1.54, 1.807) is 7.11 Å². The van der Waals surface area contributed by atoms with Crippen molar-refractivity contribution in [2.75, 3.05) is 13.7 Å². The van der Waals surface area contributed by atoms with Gasteiger partial charge in [0.25, 0.3) is 9.05 Å². The molecule has 5 nitrogen and oxygen atoms in total. The largest absolute Gasteiger partial charge is 0.385 e. The van der Waals surface area contributed by atoms with E-state index in [9.17, 15) is 8.42 Å². The number of unbranched alkanes of at least 4 members (excludes halogenated alkanes) is 1. The molecule has 1 aromatic rings. The Hall–Kier alpha value is -0.590. The third-order valence-corrected chi connectivity index (χ3v) is 3.73. The lowest BCUT2D eigenvalue weighted by Crippen LogP contribution is -2.03. The predicted molar refractivity (Wildman–Crippen MR) is 70.4 cm³/mol. The normalized spacial score (nSPS) is 11.9. The lowest BCUT2D eigenvalue weighted by molar-refractivity contribution is 0.191. The summed E-state index contributed by atoms with van der Waals surface area (Å²) in [7, 11) is 3.23. The Kier molecular flexibility index (Phi) is 6.11. The molecule has 1 rings (SSSR count). The number of hydrogen-bond acceptors (Lipinski definition) is 4. The molecule has 0 unspecified atom stereocenters. The van der Waals surface area contributed by atoms with Crippen LogP contribution in [0.3, 0.4) is 0 Å². The molecule has 0 amide bonds. The Morgan fingerprint density at radius 1 is 1.44 bits per heavy atom. The van der Waals surface area contributed by atoms with Gasteiger partial charge in [0.2, 0.25) is 0 Å². The van der Waals surface area contributed by atoms with E-state index in [1.807, 2.05) is 11.5 Å². The average molecular weight is 295 g/mol. The van der Waals surface area contributed by atoms with Crippen molar-refractivity contribution < 1.29 is 13.2 Å². The van der Waals surface area contributed by atoms with Crippen molar-refractivity contribution in [3.05, 3.63) is 12.0 Å². The van der Waals surface area contributed by atoms with Crippen LogP contribution in [0.2, 0.25) is 0 Å². The second-order valence-electron chi connectivity index (χ2n) is 4.08. The van der Waals surface area contributed by atoms with Crippen molar-refractivity contribution in [3.63, 3.8) is 0 Å².